The van der Waals surface area contributed by atoms with Crippen molar-refractivity contribution in [2.45, 2.75) is 23.6 Å². The molecule has 11 heteroatoms. The molecule has 3 amide bonds. The Hall–Kier alpha value is -3.43. The van der Waals surface area contributed by atoms with Gasteiger partial charge in [0.2, 0.25) is 0 Å². The second kappa shape index (κ2) is 12.2. The minimum atomic E-state index is -1.52. The van der Waals surface area contributed by atoms with Crippen LogP contribution in [0.15, 0.2) is 82.6 Å². The Morgan fingerprint density at radius 3 is 2.23 bits per heavy atom. The monoisotopic (exact) mass is 604 g/mol. The van der Waals surface area contributed by atoms with Gasteiger partial charge >= 0.3 is 6.03 Å². The predicted molar refractivity (Wildman–Crippen MR) is 151 cm³/mol. The predicted octanol–water partition coefficient (Wildman–Crippen LogP) is 8.32. The Morgan fingerprint density at radius 1 is 0.923 bits per heavy atom. The third kappa shape index (κ3) is 6.59. The number of amides is 3. The third-order valence-electron chi connectivity index (χ3n) is 5.57. The van der Waals surface area contributed by atoms with Crippen molar-refractivity contribution in [2.24, 2.45) is 0 Å². The highest BCUT2D eigenvalue weighted by Gasteiger charge is 2.20. The van der Waals surface area contributed by atoms with Crippen LogP contribution in [0.4, 0.5) is 14.9 Å². The summed E-state index contributed by atoms with van der Waals surface area (Å²) in [7, 11) is -1.52. The number of imide groups is 1. The first-order chi connectivity index (χ1) is 18.5. The Kier molecular flexibility index (Phi) is 8.92. The molecule has 1 atom stereocenters. The van der Waals surface area contributed by atoms with Crippen LogP contribution in [0, 0.1) is 19.7 Å². The number of anilines is 1. The summed E-state index contributed by atoms with van der Waals surface area (Å²) in [5, 5.41) is 5.28. The van der Waals surface area contributed by atoms with Gasteiger partial charge in [0.15, 0.2) is 0 Å². The molecule has 0 aliphatic heterocycles. The number of nitrogens with one attached hydrogen (secondary N) is 2. The average Bonchev–Trinajstić information content (AvgIpc) is 2.88. The van der Waals surface area contributed by atoms with Crippen LogP contribution in [0.25, 0.3) is 0 Å². The van der Waals surface area contributed by atoms with E-state index in [2.05, 4.69) is 5.32 Å². The summed E-state index contributed by atoms with van der Waals surface area (Å²) < 4.78 is 33.1. The Morgan fingerprint density at radius 2 is 1.59 bits per heavy atom. The molecule has 0 heterocycles. The zero-order chi connectivity index (χ0) is 28.3. The molecule has 1 unspecified atom stereocenters. The average molecular weight is 606 g/mol. The smallest absolute Gasteiger partial charge is 0.326 e. The number of rotatable bonds is 6. The van der Waals surface area contributed by atoms with Crippen LogP contribution in [0.2, 0.25) is 15.1 Å². The molecule has 200 valence electrons. The fraction of sp³-hybridized carbons (Fsp3) is 0.0714. The molecule has 0 saturated carbocycles. The first-order valence-electron chi connectivity index (χ1n) is 11.4. The van der Waals surface area contributed by atoms with Gasteiger partial charge in [-0.3, -0.25) is 10.1 Å². The van der Waals surface area contributed by atoms with Gasteiger partial charge in [0.1, 0.15) is 17.3 Å². The van der Waals surface area contributed by atoms with E-state index in [-0.39, 0.29) is 5.02 Å². The molecule has 0 aliphatic rings. The molecule has 2 N–H and O–H groups in total. The molecule has 0 fully saturated rings. The maximum absolute atomic E-state index is 13.9. The minimum absolute atomic E-state index is 0.114. The SMILES string of the molecule is Cc1cc(Oc2ccc(NC(=O)NC(=O)c3c(F)cccc3Cl)cc2)c(C)c(Cl)c1S(=O)c1ccc(Cl)cc1. The summed E-state index contributed by atoms with van der Waals surface area (Å²) in [5.41, 5.74) is 1.22. The van der Waals surface area contributed by atoms with Crippen LogP contribution < -0.4 is 15.4 Å². The van der Waals surface area contributed by atoms with Crippen molar-refractivity contribution in [3.63, 3.8) is 0 Å². The van der Waals surface area contributed by atoms with Gasteiger partial charge in [-0.25, -0.2) is 13.4 Å². The number of carbonyl (C=O) groups is 2. The van der Waals surface area contributed by atoms with Crippen molar-refractivity contribution in [1.29, 1.82) is 0 Å². The fourth-order valence-corrected chi connectivity index (χ4v) is 5.72. The molecule has 0 radical (unpaired) electrons. The molecule has 0 aliphatic carbocycles. The number of hydrogen-bond donors (Lipinski definition) is 2. The largest absolute Gasteiger partial charge is 0.457 e. The lowest BCUT2D eigenvalue weighted by molar-refractivity contribution is 0.0963. The lowest BCUT2D eigenvalue weighted by Gasteiger charge is -2.16. The highest BCUT2D eigenvalue weighted by Crippen LogP contribution is 2.38. The lowest BCUT2D eigenvalue weighted by Crippen LogP contribution is -2.35. The lowest BCUT2D eigenvalue weighted by atomic mass is 10.1. The van der Waals surface area contributed by atoms with Crippen molar-refractivity contribution < 1.29 is 22.9 Å². The van der Waals surface area contributed by atoms with Crippen LogP contribution in [0.1, 0.15) is 21.5 Å². The summed E-state index contributed by atoms with van der Waals surface area (Å²) in [5.74, 6) is -0.900. The van der Waals surface area contributed by atoms with Gasteiger partial charge in [0.05, 0.1) is 31.3 Å². The minimum Gasteiger partial charge on any atom is -0.457 e. The molecule has 0 spiro atoms. The number of halogens is 4. The number of aryl methyl sites for hydroxylation is 1. The quantitative estimate of drug-likeness (QED) is 0.231. The molecular formula is C28H20Cl3FN2O4S. The van der Waals surface area contributed by atoms with E-state index in [0.29, 0.717) is 48.1 Å². The molecule has 6 nitrogen and oxygen atoms in total. The zero-order valence-corrected chi connectivity index (χ0v) is 23.6. The van der Waals surface area contributed by atoms with Crippen LogP contribution in [0.5, 0.6) is 11.5 Å². The molecule has 0 aromatic heterocycles. The summed E-state index contributed by atoms with van der Waals surface area (Å²) in [6.45, 7) is 3.56. The second-order valence-corrected chi connectivity index (χ2v) is 11.0. The molecule has 4 aromatic rings. The van der Waals surface area contributed by atoms with Crippen LogP contribution >= 0.6 is 34.8 Å². The van der Waals surface area contributed by atoms with Gasteiger partial charge in [-0.05, 0) is 86.1 Å². The first-order valence-corrected chi connectivity index (χ1v) is 13.6. The number of ether oxygens (including phenoxy) is 1. The number of urea groups is 1. The van der Waals surface area contributed by atoms with Crippen molar-refractivity contribution in [1.82, 2.24) is 5.32 Å². The van der Waals surface area contributed by atoms with Gasteiger partial charge in [0.25, 0.3) is 5.91 Å². The van der Waals surface area contributed by atoms with Crippen LogP contribution in [0.3, 0.4) is 0 Å². The Balaban J connectivity index is 1.45. The Labute approximate surface area is 241 Å². The number of hydrogen-bond acceptors (Lipinski definition) is 4. The zero-order valence-electron chi connectivity index (χ0n) is 20.5. The maximum Gasteiger partial charge on any atom is 0.326 e. The number of benzene rings is 4. The van der Waals surface area contributed by atoms with E-state index >= 15 is 0 Å². The van der Waals surface area contributed by atoms with Crippen LogP contribution in [-0.4, -0.2) is 16.1 Å². The summed E-state index contributed by atoms with van der Waals surface area (Å²) >= 11 is 18.4. The van der Waals surface area contributed by atoms with Crippen molar-refractivity contribution in [3.8, 4) is 11.5 Å². The van der Waals surface area contributed by atoms with E-state index in [4.69, 9.17) is 39.5 Å². The van der Waals surface area contributed by atoms with Gasteiger partial charge in [-0.1, -0.05) is 40.9 Å². The highest BCUT2D eigenvalue weighted by molar-refractivity contribution is 7.85. The van der Waals surface area contributed by atoms with E-state index in [1.54, 1.807) is 68.4 Å². The topological polar surface area (TPSA) is 84.5 Å². The maximum atomic E-state index is 13.9. The van der Waals surface area contributed by atoms with Crippen LogP contribution in [-0.2, 0) is 10.8 Å². The highest BCUT2D eigenvalue weighted by atomic mass is 35.5. The van der Waals surface area contributed by atoms with Gasteiger partial charge in [0, 0.05) is 21.2 Å². The molecule has 0 bridgehead atoms. The summed E-state index contributed by atoms with van der Waals surface area (Å²) in [4.78, 5) is 25.5. The van der Waals surface area contributed by atoms with Crippen molar-refractivity contribution in [2.75, 3.05) is 5.32 Å². The third-order valence-corrected chi connectivity index (χ3v) is 8.32. The van der Waals surface area contributed by atoms with E-state index in [1.165, 1.54) is 12.1 Å². The van der Waals surface area contributed by atoms with E-state index in [0.717, 1.165) is 6.07 Å². The summed E-state index contributed by atoms with van der Waals surface area (Å²) in [6.07, 6.45) is 0. The molecule has 4 rings (SSSR count). The van der Waals surface area contributed by atoms with Crippen molar-refractivity contribution in [3.05, 3.63) is 110 Å². The molecular weight excluding hydrogens is 586 g/mol. The molecule has 0 saturated heterocycles. The molecule has 4 aromatic carbocycles. The second-order valence-electron chi connectivity index (χ2n) is 8.31. The number of carbonyl (C=O) groups excluding carboxylic acids is 2. The first kappa shape index (κ1) is 28.6. The van der Waals surface area contributed by atoms with E-state index < -0.39 is 34.1 Å². The van der Waals surface area contributed by atoms with Gasteiger partial charge in [-0.2, -0.15) is 0 Å². The van der Waals surface area contributed by atoms with Gasteiger partial charge in [-0.15, -0.1) is 0 Å². The van der Waals surface area contributed by atoms with Crippen molar-refractivity contribution >= 4 is 63.2 Å². The van der Waals surface area contributed by atoms with Gasteiger partial charge < -0.3 is 10.1 Å². The van der Waals surface area contributed by atoms with E-state index in [9.17, 15) is 18.2 Å². The standard InChI is InChI=1S/C28H20Cl3FN2O4S/c1-15-14-23(16(2)25(31)26(15)39(37)20-12-6-17(29)7-13-20)38-19-10-8-18(9-11-19)33-28(36)34-27(35)24-21(30)4-3-5-22(24)32/h3-14H,1-2H3,(H2,33,34,35,36). The normalized spacial score (nSPS) is 11.5. The Bertz CT molecular complexity index is 1580. The molecule has 39 heavy (non-hydrogen) atoms. The summed E-state index contributed by atoms with van der Waals surface area (Å²) in [6, 6.07) is 17.7. The van der Waals surface area contributed by atoms with E-state index in [1.807, 2.05) is 5.32 Å². The fourth-order valence-electron chi connectivity index (χ4n) is 3.61.